The SMILES string of the molecule is CCCCCCCCCCCCN(C)CCCC(=O)OCc1ccccc1-c1ccccc1COC(=O)CCCN(C)CCCCCCCCCCCC. The van der Waals surface area contributed by atoms with E-state index in [0.29, 0.717) is 12.8 Å². The van der Waals surface area contributed by atoms with Crippen LogP contribution in [0.25, 0.3) is 11.1 Å². The summed E-state index contributed by atoms with van der Waals surface area (Å²) in [5, 5.41) is 0. The van der Waals surface area contributed by atoms with Gasteiger partial charge in [-0.3, -0.25) is 9.59 Å². The van der Waals surface area contributed by atoms with E-state index in [-0.39, 0.29) is 25.2 Å². The molecule has 0 fully saturated rings. The quantitative estimate of drug-likeness (QED) is 0.0517. The first-order chi connectivity index (χ1) is 26.4. The number of esters is 2. The lowest BCUT2D eigenvalue weighted by atomic mass is 9.96. The van der Waals surface area contributed by atoms with Crippen LogP contribution in [-0.2, 0) is 32.3 Å². The fraction of sp³-hybridized carbons (Fsp3) is 0.708. The topological polar surface area (TPSA) is 59.1 Å². The molecule has 54 heavy (non-hydrogen) atoms. The van der Waals surface area contributed by atoms with Crippen molar-refractivity contribution < 1.29 is 19.1 Å². The maximum Gasteiger partial charge on any atom is 0.306 e. The average molecular weight is 749 g/mol. The molecule has 2 aromatic carbocycles. The molecule has 0 saturated carbocycles. The second kappa shape index (κ2) is 32.5. The highest BCUT2D eigenvalue weighted by atomic mass is 16.5. The highest BCUT2D eigenvalue weighted by Gasteiger charge is 2.13. The predicted molar refractivity (Wildman–Crippen MR) is 229 cm³/mol. The molecule has 0 heterocycles. The summed E-state index contributed by atoms with van der Waals surface area (Å²) in [7, 11) is 4.31. The largest absolute Gasteiger partial charge is 0.461 e. The molecule has 0 aliphatic rings. The lowest BCUT2D eigenvalue weighted by Gasteiger charge is -2.17. The van der Waals surface area contributed by atoms with Crippen molar-refractivity contribution in [3.05, 3.63) is 59.7 Å². The van der Waals surface area contributed by atoms with Gasteiger partial charge < -0.3 is 19.3 Å². The summed E-state index contributed by atoms with van der Waals surface area (Å²) in [6, 6.07) is 16.1. The highest BCUT2D eigenvalue weighted by molar-refractivity contribution is 5.73. The molecule has 0 radical (unpaired) electrons. The number of hydrogen-bond acceptors (Lipinski definition) is 6. The standard InChI is InChI=1S/C48H80N2O4/c1-5-7-9-11-13-15-17-19-21-27-37-49(3)39-29-35-47(51)53-41-43-31-23-25-33-45(43)46-34-26-24-32-44(46)42-54-48(52)36-30-40-50(4)38-28-22-20-18-16-14-12-10-8-6-2/h23-26,31-34H,5-22,27-30,35-42H2,1-4H3. The summed E-state index contributed by atoms with van der Waals surface area (Å²) in [6.07, 6.45) is 29.4. The summed E-state index contributed by atoms with van der Waals surface area (Å²) >= 11 is 0. The van der Waals surface area contributed by atoms with E-state index in [1.54, 1.807) is 0 Å². The molecule has 0 spiro atoms. The van der Waals surface area contributed by atoms with Crippen LogP contribution in [0, 0.1) is 0 Å². The molecule has 0 saturated heterocycles. The van der Waals surface area contributed by atoms with Gasteiger partial charge in [-0.15, -0.1) is 0 Å². The molecule has 0 bridgehead atoms. The van der Waals surface area contributed by atoms with Crippen molar-refractivity contribution >= 4 is 11.9 Å². The first kappa shape index (κ1) is 47.5. The van der Waals surface area contributed by atoms with Crippen molar-refractivity contribution in [2.75, 3.05) is 40.3 Å². The van der Waals surface area contributed by atoms with Gasteiger partial charge >= 0.3 is 11.9 Å². The molecule has 306 valence electrons. The van der Waals surface area contributed by atoms with Gasteiger partial charge in [-0.25, -0.2) is 0 Å². The molecule has 0 aromatic heterocycles. The molecule has 0 N–H and O–H groups in total. The minimum Gasteiger partial charge on any atom is -0.461 e. The van der Waals surface area contributed by atoms with E-state index < -0.39 is 0 Å². The van der Waals surface area contributed by atoms with Gasteiger partial charge in [-0.2, -0.15) is 0 Å². The predicted octanol–water partition coefficient (Wildman–Crippen LogP) is 12.7. The van der Waals surface area contributed by atoms with Crippen LogP contribution in [0.15, 0.2) is 48.5 Å². The lowest BCUT2D eigenvalue weighted by molar-refractivity contribution is -0.146. The van der Waals surface area contributed by atoms with Crippen LogP contribution >= 0.6 is 0 Å². The first-order valence-electron chi connectivity index (χ1n) is 22.3. The molecular weight excluding hydrogens is 669 g/mol. The summed E-state index contributed by atoms with van der Waals surface area (Å²) in [5.74, 6) is -0.318. The molecule has 0 amide bonds. The van der Waals surface area contributed by atoms with Crippen LogP contribution in [0.5, 0.6) is 0 Å². The van der Waals surface area contributed by atoms with E-state index in [0.717, 1.165) is 61.3 Å². The summed E-state index contributed by atoms with van der Waals surface area (Å²) in [4.78, 5) is 30.1. The van der Waals surface area contributed by atoms with Gasteiger partial charge in [0.2, 0.25) is 0 Å². The van der Waals surface area contributed by atoms with Crippen LogP contribution in [0.2, 0.25) is 0 Å². The molecule has 2 rings (SSSR count). The van der Waals surface area contributed by atoms with E-state index >= 15 is 0 Å². The van der Waals surface area contributed by atoms with Crippen LogP contribution in [-0.4, -0.2) is 62.0 Å². The van der Waals surface area contributed by atoms with Gasteiger partial charge in [0, 0.05) is 12.8 Å². The number of rotatable bonds is 35. The summed E-state index contributed by atoms with van der Waals surface area (Å²) in [5.41, 5.74) is 3.91. The number of carbonyl (C=O) groups is 2. The molecule has 0 aliphatic carbocycles. The maximum atomic E-state index is 12.7. The van der Waals surface area contributed by atoms with Crippen LogP contribution < -0.4 is 0 Å². The van der Waals surface area contributed by atoms with Gasteiger partial charge in [-0.05, 0) is 88.2 Å². The summed E-state index contributed by atoms with van der Waals surface area (Å²) in [6.45, 7) is 8.99. The molecular formula is C48H80N2O4. The maximum absolute atomic E-state index is 12.7. The van der Waals surface area contributed by atoms with Crippen molar-refractivity contribution in [3.63, 3.8) is 0 Å². The Hall–Kier alpha value is -2.70. The highest BCUT2D eigenvalue weighted by Crippen LogP contribution is 2.28. The molecule has 6 nitrogen and oxygen atoms in total. The minimum absolute atomic E-state index is 0.159. The van der Waals surface area contributed by atoms with Gasteiger partial charge in [0.15, 0.2) is 0 Å². The van der Waals surface area contributed by atoms with Gasteiger partial charge in [-0.1, -0.05) is 178 Å². The Kier molecular flexibility index (Phi) is 28.6. The zero-order valence-electron chi connectivity index (χ0n) is 35.4. The number of carbonyl (C=O) groups excluding carboxylic acids is 2. The monoisotopic (exact) mass is 749 g/mol. The third kappa shape index (κ3) is 23.9. The molecule has 0 unspecified atom stereocenters. The van der Waals surface area contributed by atoms with Crippen LogP contribution in [0.1, 0.15) is 179 Å². The number of ether oxygens (including phenoxy) is 2. The minimum atomic E-state index is -0.159. The fourth-order valence-electron chi connectivity index (χ4n) is 7.23. The van der Waals surface area contributed by atoms with E-state index in [9.17, 15) is 9.59 Å². The van der Waals surface area contributed by atoms with Crippen LogP contribution in [0.3, 0.4) is 0 Å². The number of hydrogen-bond donors (Lipinski definition) is 0. The second-order valence-corrected chi connectivity index (χ2v) is 15.8. The molecule has 0 aliphatic heterocycles. The second-order valence-electron chi connectivity index (χ2n) is 15.8. The van der Waals surface area contributed by atoms with Gasteiger partial charge in [0.1, 0.15) is 13.2 Å². The van der Waals surface area contributed by atoms with Gasteiger partial charge in [0.05, 0.1) is 0 Å². The Morgan fingerprint density at radius 2 is 0.722 bits per heavy atom. The van der Waals surface area contributed by atoms with Crippen molar-refractivity contribution in [1.29, 1.82) is 0 Å². The summed E-state index contributed by atoms with van der Waals surface area (Å²) < 4.78 is 11.5. The zero-order valence-corrected chi connectivity index (χ0v) is 35.4. The Bertz CT molecular complexity index is 1120. The smallest absolute Gasteiger partial charge is 0.306 e. The number of unbranched alkanes of at least 4 members (excludes halogenated alkanes) is 18. The molecule has 0 atom stereocenters. The molecule has 2 aromatic rings. The molecule has 6 heteroatoms. The number of benzene rings is 2. The fourth-order valence-corrected chi connectivity index (χ4v) is 7.23. The van der Waals surface area contributed by atoms with Crippen molar-refractivity contribution in [3.8, 4) is 11.1 Å². The lowest BCUT2D eigenvalue weighted by Crippen LogP contribution is -2.21. The van der Waals surface area contributed by atoms with Crippen LogP contribution in [0.4, 0.5) is 0 Å². The van der Waals surface area contributed by atoms with E-state index in [2.05, 4.69) is 49.9 Å². The Balaban J connectivity index is 1.64. The third-order valence-corrected chi connectivity index (χ3v) is 10.7. The van der Waals surface area contributed by atoms with Gasteiger partial charge in [0.25, 0.3) is 0 Å². The van der Waals surface area contributed by atoms with Crippen molar-refractivity contribution in [2.24, 2.45) is 0 Å². The Morgan fingerprint density at radius 3 is 1.07 bits per heavy atom. The van der Waals surface area contributed by atoms with E-state index in [4.69, 9.17) is 9.47 Å². The van der Waals surface area contributed by atoms with E-state index in [1.165, 1.54) is 128 Å². The first-order valence-corrected chi connectivity index (χ1v) is 22.3. The van der Waals surface area contributed by atoms with Crippen molar-refractivity contribution in [2.45, 2.75) is 181 Å². The van der Waals surface area contributed by atoms with E-state index in [1.807, 2.05) is 36.4 Å². The Labute approximate surface area is 332 Å². The average Bonchev–Trinajstić information content (AvgIpc) is 3.18. The zero-order chi connectivity index (χ0) is 38.9. The van der Waals surface area contributed by atoms with Crippen molar-refractivity contribution in [1.82, 2.24) is 9.80 Å². The number of nitrogens with zero attached hydrogens (tertiary/aromatic N) is 2. The third-order valence-electron chi connectivity index (χ3n) is 10.7. The normalized spacial score (nSPS) is 11.4. The Morgan fingerprint density at radius 1 is 0.426 bits per heavy atom.